The molecule has 1 aromatic rings. The van der Waals surface area contributed by atoms with E-state index in [0.29, 0.717) is 17.2 Å². The highest BCUT2D eigenvalue weighted by Crippen LogP contribution is 2.27. The van der Waals surface area contributed by atoms with Gasteiger partial charge in [0.1, 0.15) is 5.75 Å². The summed E-state index contributed by atoms with van der Waals surface area (Å²) in [6, 6.07) is 6.08. The molecule has 2 atom stereocenters. The van der Waals surface area contributed by atoms with Gasteiger partial charge in [0.2, 0.25) is 0 Å². The lowest BCUT2D eigenvalue weighted by molar-refractivity contribution is 0.0874. The van der Waals surface area contributed by atoms with E-state index in [0.717, 1.165) is 18.5 Å². The molecule has 25 heavy (non-hydrogen) atoms. The van der Waals surface area contributed by atoms with Gasteiger partial charge in [0.05, 0.1) is 12.7 Å². The van der Waals surface area contributed by atoms with Crippen molar-refractivity contribution < 1.29 is 9.53 Å². The van der Waals surface area contributed by atoms with Crippen LogP contribution in [0.4, 0.5) is 0 Å². The number of amides is 1. The maximum absolute atomic E-state index is 12.9. The molecule has 1 amide bonds. The predicted molar refractivity (Wildman–Crippen MR) is 101 cm³/mol. The Hall–Kier alpha value is -1.55. The maximum Gasteiger partial charge on any atom is 0.255 e. The molecule has 1 aromatic carbocycles. The van der Waals surface area contributed by atoms with Crippen LogP contribution in [0.25, 0.3) is 0 Å². The van der Waals surface area contributed by atoms with Gasteiger partial charge in [-0.1, -0.05) is 30.9 Å². The molecule has 1 N–H and O–H groups in total. The van der Waals surface area contributed by atoms with Crippen LogP contribution in [0.5, 0.6) is 5.75 Å². The summed E-state index contributed by atoms with van der Waals surface area (Å²) in [6.45, 7) is 5.59. The second-order valence-electron chi connectivity index (χ2n) is 7.69. The average molecular weight is 344 g/mol. The number of ether oxygens (including phenoxy) is 1. The van der Waals surface area contributed by atoms with Gasteiger partial charge < -0.3 is 15.0 Å². The van der Waals surface area contributed by atoms with Crippen LogP contribution in [0.3, 0.4) is 0 Å². The van der Waals surface area contributed by atoms with Gasteiger partial charge in [-0.05, 0) is 63.7 Å². The monoisotopic (exact) mass is 344 g/mol. The lowest BCUT2D eigenvalue weighted by Gasteiger charge is -2.37. The molecule has 1 saturated heterocycles. The number of carbonyl (C=O) groups excluding carboxylic acids is 1. The minimum absolute atomic E-state index is 0.0103. The van der Waals surface area contributed by atoms with E-state index in [1.165, 1.54) is 51.6 Å². The molecule has 4 nitrogen and oxygen atoms in total. The summed E-state index contributed by atoms with van der Waals surface area (Å²) in [6.07, 6.45) is 8.85. The summed E-state index contributed by atoms with van der Waals surface area (Å²) in [5.41, 5.74) is 1.74. The van der Waals surface area contributed by atoms with E-state index < -0.39 is 0 Å². The standard InChI is InChI=1S/C21H32N2O2/c1-16-10-11-20(25-2)18(14-16)21(24)22-19-9-5-4-8-17(19)15-23-12-6-3-7-13-23/h10-11,14,17,19H,3-9,12-13,15H2,1-2H3,(H,22,24). The van der Waals surface area contributed by atoms with E-state index in [2.05, 4.69) is 10.2 Å². The van der Waals surface area contributed by atoms with E-state index in [9.17, 15) is 4.79 Å². The first-order valence-corrected chi connectivity index (χ1v) is 9.85. The fraction of sp³-hybridized carbons (Fsp3) is 0.667. The molecular weight excluding hydrogens is 312 g/mol. The minimum Gasteiger partial charge on any atom is -0.496 e. The highest BCUT2D eigenvalue weighted by molar-refractivity contribution is 5.97. The van der Waals surface area contributed by atoms with Crippen LogP contribution in [-0.4, -0.2) is 43.6 Å². The number of rotatable bonds is 5. The van der Waals surface area contributed by atoms with Crippen LogP contribution in [-0.2, 0) is 0 Å². The number of methoxy groups -OCH3 is 1. The first-order chi connectivity index (χ1) is 12.2. The first kappa shape index (κ1) is 18.2. The van der Waals surface area contributed by atoms with Gasteiger partial charge in [-0.3, -0.25) is 4.79 Å². The summed E-state index contributed by atoms with van der Waals surface area (Å²) in [7, 11) is 1.63. The van der Waals surface area contributed by atoms with Crippen LogP contribution in [0.2, 0.25) is 0 Å². The van der Waals surface area contributed by atoms with Gasteiger partial charge in [0.25, 0.3) is 5.91 Å². The van der Waals surface area contributed by atoms with Gasteiger partial charge in [-0.25, -0.2) is 0 Å². The number of piperidine rings is 1. The molecule has 1 saturated carbocycles. The van der Waals surface area contributed by atoms with E-state index in [1.807, 2.05) is 25.1 Å². The Morgan fingerprint density at radius 1 is 1.16 bits per heavy atom. The van der Waals surface area contributed by atoms with Crippen molar-refractivity contribution in [2.45, 2.75) is 57.9 Å². The highest BCUT2D eigenvalue weighted by Gasteiger charge is 2.29. The zero-order chi connectivity index (χ0) is 17.6. The Morgan fingerprint density at radius 3 is 2.68 bits per heavy atom. The molecular formula is C21H32N2O2. The lowest BCUT2D eigenvalue weighted by Crippen LogP contribution is -2.47. The first-order valence-electron chi connectivity index (χ1n) is 9.85. The van der Waals surface area contributed by atoms with Gasteiger partial charge in [-0.15, -0.1) is 0 Å². The molecule has 4 heteroatoms. The quantitative estimate of drug-likeness (QED) is 0.884. The average Bonchev–Trinajstić information content (AvgIpc) is 2.64. The zero-order valence-corrected chi connectivity index (χ0v) is 15.7. The zero-order valence-electron chi connectivity index (χ0n) is 15.7. The second kappa shape index (κ2) is 8.70. The minimum atomic E-state index is 0.0103. The molecule has 138 valence electrons. The molecule has 3 rings (SSSR count). The van der Waals surface area contributed by atoms with Crippen molar-refractivity contribution in [2.75, 3.05) is 26.7 Å². The third-order valence-electron chi connectivity index (χ3n) is 5.77. The molecule has 1 heterocycles. The van der Waals surface area contributed by atoms with Crippen molar-refractivity contribution in [3.63, 3.8) is 0 Å². The lowest BCUT2D eigenvalue weighted by atomic mass is 9.83. The summed E-state index contributed by atoms with van der Waals surface area (Å²) in [5.74, 6) is 1.24. The van der Waals surface area contributed by atoms with Gasteiger partial charge in [-0.2, -0.15) is 0 Å². The summed E-state index contributed by atoms with van der Waals surface area (Å²) >= 11 is 0. The van der Waals surface area contributed by atoms with E-state index >= 15 is 0 Å². The van der Waals surface area contributed by atoms with Crippen LogP contribution in [0, 0.1) is 12.8 Å². The van der Waals surface area contributed by atoms with E-state index in [-0.39, 0.29) is 11.9 Å². The van der Waals surface area contributed by atoms with Crippen molar-refractivity contribution in [3.05, 3.63) is 29.3 Å². The van der Waals surface area contributed by atoms with Gasteiger partial charge in [0.15, 0.2) is 0 Å². The molecule has 2 unspecified atom stereocenters. The third kappa shape index (κ3) is 4.75. The van der Waals surface area contributed by atoms with Crippen LogP contribution >= 0.6 is 0 Å². The molecule has 0 spiro atoms. The number of hydrogen-bond acceptors (Lipinski definition) is 3. The Bertz CT molecular complexity index is 581. The van der Waals surface area contributed by atoms with Crippen LogP contribution in [0.1, 0.15) is 60.9 Å². The normalized spacial score (nSPS) is 24.7. The van der Waals surface area contributed by atoms with E-state index in [4.69, 9.17) is 4.74 Å². The molecule has 1 aliphatic heterocycles. The van der Waals surface area contributed by atoms with E-state index in [1.54, 1.807) is 7.11 Å². The number of hydrogen-bond donors (Lipinski definition) is 1. The predicted octanol–water partition coefficient (Wildman–Crippen LogP) is 3.78. The number of benzene rings is 1. The molecule has 0 aromatic heterocycles. The number of carbonyl (C=O) groups is 1. The molecule has 2 fully saturated rings. The smallest absolute Gasteiger partial charge is 0.255 e. The molecule has 0 radical (unpaired) electrons. The number of nitrogens with zero attached hydrogens (tertiary/aromatic N) is 1. The van der Waals surface area contributed by atoms with Crippen molar-refractivity contribution in [1.82, 2.24) is 10.2 Å². The van der Waals surface area contributed by atoms with Crippen LogP contribution in [0.15, 0.2) is 18.2 Å². The molecule has 1 aliphatic carbocycles. The Labute approximate surface area is 151 Å². The number of aryl methyl sites for hydroxylation is 1. The number of likely N-dealkylation sites (tertiary alicyclic amines) is 1. The highest BCUT2D eigenvalue weighted by atomic mass is 16.5. The summed E-state index contributed by atoms with van der Waals surface area (Å²) < 4.78 is 5.39. The van der Waals surface area contributed by atoms with Crippen LogP contribution < -0.4 is 10.1 Å². The van der Waals surface area contributed by atoms with Gasteiger partial charge >= 0.3 is 0 Å². The Morgan fingerprint density at radius 2 is 1.92 bits per heavy atom. The fourth-order valence-electron chi connectivity index (χ4n) is 4.34. The Balaban J connectivity index is 1.66. The van der Waals surface area contributed by atoms with Crippen molar-refractivity contribution in [1.29, 1.82) is 0 Å². The second-order valence-corrected chi connectivity index (χ2v) is 7.69. The van der Waals surface area contributed by atoms with Crippen molar-refractivity contribution in [3.8, 4) is 5.75 Å². The van der Waals surface area contributed by atoms with Crippen molar-refractivity contribution >= 4 is 5.91 Å². The maximum atomic E-state index is 12.9. The Kier molecular flexibility index (Phi) is 6.35. The fourth-order valence-corrected chi connectivity index (χ4v) is 4.34. The summed E-state index contributed by atoms with van der Waals surface area (Å²) in [5, 5.41) is 3.33. The van der Waals surface area contributed by atoms with Gasteiger partial charge in [0, 0.05) is 12.6 Å². The van der Waals surface area contributed by atoms with Crippen molar-refractivity contribution in [2.24, 2.45) is 5.92 Å². The third-order valence-corrected chi connectivity index (χ3v) is 5.77. The SMILES string of the molecule is COc1ccc(C)cc1C(=O)NC1CCCCC1CN1CCCCC1. The molecule has 0 bridgehead atoms. The number of nitrogens with one attached hydrogen (secondary N) is 1. The topological polar surface area (TPSA) is 41.6 Å². The summed E-state index contributed by atoms with van der Waals surface area (Å²) in [4.78, 5) is 15.5. The largest absolute Gasteiger partial charge is 0.496 e. The molecule has 2 aliphatic rings.